The van der Waals surface area contributed by atoms with E-state index in [9.17, 15) is 17.6 Å². The molecule has 2 heterocycles. The van der Waals surface area contributed by atoms with Gasteiger partial charge in [-0.1, -0.05) is 12.1 Å². The highest BCUT2D eigenvalue weighted by atomic mass is 32.2. The van der Waals surface area contributed by atoms with E-state index < -0.39 is 21.7 Å². The molecular weight excluding hydrogens is 385 g/mol. The van der Waals surface area contributed by atoms with Crippen molar-refractivity contribution in [1.82, 2.24) is 25.0 Å². The van der Waals surface area contributed by atoms with Gasteiger partial charge in [0.05, 0.1) is 5.56 Å². The van der Waals surface area contributed by atoms with Crippen LogP contribution in [0.4, 0.5) is 4.39 Å². The molecule has 2 aromatic heterocycles. The van der Waals surface area contributed by atoms with Crippen LogP contribution < -0.4 is 10.0 Å². The summed E-state index contributed by atoms with van der Waals surface area (Å²) >= 11 is 0. The van der Waals surface area contributed by atoms with E-state index in [1.165, 1.54) is 50.0 Å². The lowest BCUT2D eigenvalue weighted by Crippen LogP contribution is -2.24. The highest BCUT2D eigenvalue weighted by Crippen LogP contribution is 2.15. The third kappa shape index (κ3) is 4.53. The lowest BCUT2D eigenvalue weighted by atomic mass is 10.2. The molecular formula is C18H16FN5O3S. The van der Waals surface area contributed by atoms with Crippen LogP contribution in [0.3, 0.4) is 0 Å². The molecule has 10 heteroatoms. The number of carbonyl (C=O) groups is 1. The van der Waals surface area contributed by atoms with Crippen molar-refractivity contribution in [3.8, 4) is 11.4 Å². The summed E-state index contributed by atoms with van der Waals surface area (Å²) < 4.78 is 39.1. The second-order valence-corrected chi connectivity index (χ2v) is 7.61. The number of nitrogens with one attached hydrogen (secondary N) is 2. The van der Waals surface area contributed by atoms with Crippen LogP contribution in [0.25, 0.3) is 11.4 Å². The quantitative estimate of drug-likeness (QED) is 0.647. The standard InChI is InChI=1S/C18H16FN5O3S/c1-20-28(26,27)16-5-12(7-21-11-16)8-24-18(25)14-9-22-17(23-10-14)13-3-2-4-15(19)6-13/h2-7,9-11,20H,8H2,1H3,(H,24,25). The minimum atomic E-state index is -3.62. The Bertz CT molecular complexity index is 1100. The SMILES string of the molecule is CNS(=O)(=O)c1cncc(CNC(=O)c2cnc(-c3cccc(F)c3)nc2)c1. The van der Waals surface area contributed by atoms with E-state index >= 15 is 0 Å². The van der Waals surface area contributed by atoms with Crippen molar-refractivity contribution in [2.75, 3.05) is 7.05 Å². The molecule has 144 valence electrons. The number of carbonyl (C=O) groups excluding carboxylic acids is 1. The lowest BCUT2D eigenvalue weighted by Gasteiger charge is -2.07. The molecule has 3 aromatic rings. The fraction of sp³-hybridized carbons (Fsp3) is 0.111. The summed E-state index contributed by atoms with van der Waals surface area (Å²) in [7, 11) is -2.31. The molecule has 3 rings (SSSR count). The zero-order chi connectivity index (χ0) is 20.1. The fourth-order valence-electron chi connectivity index (χ4n) is 2.33. The summed E-state index contributed by atoms with van der Waals surface area (Å²) in [5.74, 6) is -0.545. The summed E-state index contributed by atoms with van der Waals surface area (Å²) in [6.45, 7) is 0.0740. The topological polar surface area (TPSA) is 114 Å². The van der Waals surface area contributed by atoms with Gasteiger partial charge >= 0.3 is 0 Å². The van der Waals surface area contributed by atoms with Gasteiger partial charge in [-0.15, -0.1) is 0 Å². The molecule has 1 amide bonds. The Balaban J connectivity index is 1.68. The Morgan fingerprint density at radius 3 is 2.54 bits per heavy atom. The maximum absolute atomic E-state index is 13.3. The third-order valence-corrected chi connectivity index (χ3v) is 5.18. The van der Waals surface area contributed by atoms with Crippen LogP contribution >= 0.6 is 0 Å². The van der Waals surface area contributed by atoms with Gasteiger partial charge in [-0.25, -0.2) is 27.5 Å². The Morgan fingerprint density at radius 1 is 1.11 bits per heavy atom. The van der Waals surface area contributed by atoms with Gasteiger partial charge in [-0.05, 0) is 30.8 Å². The zero-order valence-electron chi connectivity index (χ0n) is 14.8. The van der Waals surface area contributed by atoms with Crippen molar-refractivity contribution in [3.63, 3.8) is 0 Å². The highest BCUT2D eigenvalue weighted by molar-refractivity contribution is 7.89. The largest absolute Gasteiger partial charge is 0.348 e. The molecule has 0 bridgehead atoms. The monoisotopic (exact) mass is 401 g/mol. The van der Waals surface area contributed by atoms with Crippen LogP contribution in [-0.4, -0.2) is 36.3 Å². The van der Waals surface area contributed by atoms with Crippen molar-refractivity contribution in [3.05, 3.63) is 72.1 Å². The predicted octanol–water partition coefficient (Wildman–Crippen LogP) is 1.52. The van der Waals surface area contributed by atoms with Crippen molar-refractivity contribution < 1.29 is 17.6 Å². The van der Waals surface area contributed by atoms with Gasteiger partial charge < -0.3 is 5.32 Å². The molecule has 0 aliphatic rings. The number of sulfonamides is 1. The average Bonchev–Trinajstić information content (AvgIpc) is 2.72. The summed E-state index contributed by atoms with van der Waals surface area (Å²) in [5, 5.41) is 2.65. The molecule has 0 aliphatic heterocycles. The summed E-state index contributed by atoms with van der Waals surface area (Å²) in [5.41, 5.74) is 1.23. The van der Waals surface area contributed by atoms with Crippen LogP contribution in [-0.2, 0) is 16.6 Å². The van der Waals surface area contributed by atoms with Gasteiger partial charge in [0.15, 0.2) is 5.82 Å². The summed E-state index contributed by atoms with van der Waals surface area (Å²) in [6, 6.07) is 7.25. The molecule has 0 saturated carbocycles. The first kappa shape index (κ1) is 19.5. The number of amides is 1. The van der Waals surface area contributed by atoms with Gasteiger partial charge in [0.25, 0.3) is 5.91 Å². The minimum Gasteiger partial charge on any atom is -0.348 e. The summed E-state index contributed by atoms with van der Waals surface area (Å²) in [6.07, 6.45) is 5.35. The number of aromatic nitrogens is 3. The number of benzene rings is 1. The van der Waals surface area contributed by atoms with Gasteiger partial charge in [0.1, 0.15) is 10.7 Å². The van der Waals surface area contributed by atoms with Crippen LogP contribution in [0.2, 0.25) is 0 Å². The molecule has 1 aromatic carbocycles. The van der Waals surface area contributed by atoms with Crippen LogP contribution in [0.15, 0.2) is 60.0 Å². The molecule has 8 nitrogen and oxygen atoms in total. The number of pyridine rings is 1. The number of halogens is 1. The van der Waals surface area contributed by atoms with Gasteiger partial charge in [0.2, 0.25) is 10.0 Å². The van der Waals surface area contributed by atoms with Crippen LogP contribution in [0.5, 0.6) is 0 Å². The molecule has 0 saturated heterocycles. The van der Waals surface area contributed by atoms with Crippen molar-refractivity contribution in [1.29, 1.82) is 0 Å². The van der Waals surface area contributed by atoms with E-state index in [2.05, 4.69) is 25.0 Å². The van der Waals surface area contributed by atoms with Crippen LogP contribution in [0, 0.1) is 5.82 Å². The molecule has 0 unspecified atom stereocenters. The third-order valence-electron chi connectivity index (χ3n) is 3.80. The summed E-state index contributed by atoms with van der Waals surface area (Å²) in [4.78, 5) is 24.3. The predicted molar refractivity (Wildman–Crippen MR) is 99.1 cm³/mol. The number of hydrogen-bond acceptors (Lipinski definition) is 6. The normalized spacial score (nSPS) is 11.2. The maximum Gasteiger partial charge on any atom is 0.254 e. The number of nitrogens with zero attached hydrogens (tertiary/aromatic N) is 3. The number of rotatable bonds is 6. The minimum absolute atomic E-state index is 0.00419. The van der Waals surface area contributed by atoms with E-state index in [1.807, 2.05) is 0 Å². The highest BCUT2D eigenvalue weighted by Gasteiger charge is 2.13. The van der Waals surface area contributed by atoms with E-state index in [-0.39, 0.29) is 17.0 Å². The van der Waals surface area contributed by atoms with E-state index in [1.54, 1.807) is 12.1 Å². The molecule has 28 heavy (non-hydrogen) atoms. The average molecular weight is 401 g/mol. The van der Waals surface area contributed by atoms with Gasteiger partial charge in [-0.3, -0.25) is 9.78 Å². The second kappa shape index (κ2) is 8.19. The first-order chi connectivity index (χ1) is 13.4. The molecule has 0 radical (unpaired) electrons. The van der Waals surface area contributed by atoms with E-state index in [0.29, 0.717) is 17.0 Å². The maximum atomic E-state index is 13.3. The Kier molecular flexibility index (Phi) is 5.71. The van der Waals surface area contributed by atoms with Crippen molar-refractivity contribution in [2.45, 2.75) is 11.4 Å². The van der Waals surface area contributed by atoms with Gasteiger partial charge in [0, 0.05) is 36.9 Å². The van der Waals surface area contributed by atoms with E-state index in [4.69, 9.17) is 0 Å². The van der Waals surface area contributed by atoms with Gasteiger partial charge in [-0.2, -0.15) is 0 Å². The fourth-order valence-corrected chi connectivity index (χ4v) is 3.07. The Hall–Kier alpha value is -3.24. The smallest absolute Gasteiger partial charge is 0.254 e. The molecule has 0 aliphatic carbocycles. The Labute approximate surface area is 160 Å². The zero-order valence-corrected chi connectivity index (χ0v) is 15.6. The lowest BCUT2D eigenvalue weighted by molar-refractivity contribution is 0.0950. The second-order valence-electron chi connectivity index (χ2n) is 5.72. The molecule has 2 N–H and O–H groups in total. The van der Waals surface area contributed by atoms with E-state index in [0.717, 1.165) is 0 Å². The first-order valence-corrected chi connectivity index (χ1v) is 9.61. The van der Waals surface area contributed by atoms with Crippen molar-refractivity contribution >= 4 is 15.9 Å². The van der Waals surface area contributed by atoms with Crippen molar-refractivity contribution in [2.24, 2.45) is 0 Å². The molecule has 0 fully saturated rings. The van der Waals surface area contributed by atoms with Crippen LogP contribution in [0.1, 0.15) is 15.9 Å². The Morgan fingerprint density at radius 2 is 1.86 bits per heavy atom. The molecule has 0 atom stereocenters. The molecule has 0 spiro atoms. The first-order valence-electron chi connectivity index (χ1n) is 8.13. The number of hydrogen-bond donors (Lipinski definition) is 2.